The van der Waals surface area contributed by atoms with Gasteiger partial charge in [-0.1, -0.05) is 42.2 Å². The molecular formula is C19H14N4OS2. The van der Waals surface area contributed by atoms with Crippen molar-refractivity contribution in [3.63, 3.8) is 0 Å². The van der Waals surface area contributed by atoms with Crippen LogP contribution in [0.1, 0.15) is 5.56 Å². The van der Waals surface area contributed by atoms with Gasteiger partial charge in [0, 0.05) is 36.8 Å². The fourth-order valence-corrected chi connectivity index (χ4v) is 3.80. The largest absolute Gasteiger partial charge is 0.296 e. The Morgan fingerprint density at radius 3 is 2.50 bits per heavy atom. The summed E-state index contributed by atoms with van der Waals surface area (Å²) in [5.41, 5.74) is 3.53. The zero-order valence-electron chi connectivity index (χ0n) is 13.9. The highest BCUT2D eigenvalue weighted by Crippen LogP contribution is 2.33. The van der Waals surface area contributed by atoms with Crippen LogP contribution in [-0.2, 0) is 4.79 Å². The molecule has 0 unspecified atom stereocenters. The molecule has 26 heavy (non-hydrogen) atoms. The summed E-state index contributed by atoms with van der Waals surface area (Å²) >= 11 is 6.52. The molecule has 1 amide bonds. The minimum absolute atomic E-state index is 0.0897. The lowest BCUT2D eigenvalue weighted by molar-refractivity contribution is -0.121. The van der Waals surface area contributed by atoms with E-state index in [9.17, 15) is 4.79 Å². The van der Waals surface area contributed by atoms with Gasteiger partial charge in [-0.15, -0.1) is 0 Å². The molecule has 2 aromatic heterocycles. The van der Waals surface area contributed by atoms with Crippen LogP contribution in [0.3, 0.4) is 0 Å². The molecule has 1 aromatic carbocycles. The fraction of sp³-hybridized carbons (Fsp3) is 0.0526. The van der Waals surface area contributed by atoms with Crippen LogP contribution in [0.25, 0.3) is 23.0 Å². The summed E-state index contributed by atoms with van der Waals surface area (Å²) in [5, 5.41) is 4.73. The molecule has 0 aliphatic carbocycles. The van der Waals surface area contributed by atoms with E-state index >= 15 is 0 Å². The lowest BCUT2D eigenvalue weighted by Crippen LogP contribution is -2.22. The summed E-state index contributed by atoms with van der Waals surface area (Å²) in [4.78, 5) is 18.5. The Morgan fingerprint density at radius 1 is 1.12 bits per heavy atom. The summed E-state index contributed by atoms with van der Waals surface area (Å²) in [6, 6.07) is 13.7. The van der Waals surface area contributed by atoms with E-state index in [4.69, 9.17) is 17.3 Å². The molecule has 0 spiro atoms. The molecule has 128 valence electrons. The number of carbonyl (C=O) groups excluding carboxylic acids is 1. The number of pyridine rings is 1. The number of rotatable bonds is 3. The van der Waals surface area contributed by atoms with Crippen LogP contribution in [0.5, 0.6) is 0 Å². The molecule has 7 heteroatoms. The molecule has 3 aromatic rings. The lowest BCUT2D eigenvalue weighted by Gasteiger charge is -2.03. The number of carbonyl (C=O) groups is 1. The number of thiocarbonyl (C=S) groups is 1. The van der Waals surface area contributed by atoms with Gasteiger partial charge < -0.3 is 0 Å². The number of benzene rings is 1. The first kappa shape index (κ1) is 16.7. The van der Waals surface area contributed by atoms with Crippen molar-refractivity contribution in [2.24, 2.45) is 0 Å². The second-order valence-corrected chi connectivity index (χ2v) is 7.37. The van der Waals surface area contributed by atoms with E-state index in [1.807, 2.05) is 59.4 Å². The Hall–Kier alpha value is -2.77. The zero-order chi connectivity index (χ0) is 18.1. The van der Waals surface area contributed by atoms with Gasteiger partial charge in [-0.05, 0) is 30.3 Å². The maximum Gasteiger partial charge on any atom is 0.265 e. The van der Waals surface area contributed by atoms with Crippen LogP contribution in [0, 0.1) is 0 Å². The predicted molar refractivity (Wildman–Crippen MR) is 108 cm³/mol. The molecule has 5 nitrogen and oxygen atoms in total. The Labute approximate surface area is 160 Å². The van der Waals surface area contributed by atoms with Gasteiger partial charge in [0.1, 0.15) is 10.0 Å². The molecule has 1 aliphatic rings. The summed E-state index contributed by atoms with van der Waals surface area (Å²) in [7, 11) is 1.69. The van der Waals surface area contributed by atoms with E-state index in [0.29, 0.717) is 9.23 Å². The highest BCUT2D eigenvalue weighted by molar-refractivity contribution is 8.26. The maximum atomic E-state index is 12.4. The van der Waals surface area contributed by atoms with Crippen molar-refractivity contribution in [3.8, 4) is 16.9 Å². The third kappa shape index (κ3) is 3.07. The molecule has 0 saturated carbocycles. The maximum absolute atomic E-state index is 12.4. The zero-order valence-corrected chi connectivity index (χ0v) is 15.5. The first-order valence-corrected chi connectivity index (χ1v) is 9.13. The molecule has 0 bridgehead atoms. The number of hydrogen-bond donors (Lipinski definition) is 0. The molecule has 0 N–H and O–H groups in total. The van der Waals surface area contributed by atoms with Gasteiger partial charge in [-0.25, -0.2) is 4.68 Å². The van der Waals surface area contributed by atoms with E-state index in [-0.39, 0.29) is 5.91 Å². The van der Waals surface area contributed by atoms with Gasteiger partial charge in [-0.3, -0.25) is 14.7 Å². The Balaban J connectivity index is 1.84. The van der Waals surface area contributed by atoms with Gasteiger partial charge in [0.2, 0.25) is 0 Å². The number of aromatic nitrogens is 3. The van der Waals surface area contributed by atoms with Crippen molar-refractivity contribution >= 4 is 40.3 Å². The van der Waals surface area contributed by atoms with E-state index in [2.05, 4.69) is 4.98 Å². The van der Waals surface area contributed by atoms with Crippen LogP contribution >= 0.6 is 24.0 Å². The van der Waals surface area contributed by atoms with E-state index < -0.39 is 0 Å². The van der Waals surface area contributed by atoms with E-state index in [0.717, 1.165) is 22.5 Å². The Morgan fingerprint density at radius 2 is 1.85 bits per heavy atom. The lowest BCUT2D eigenvalue weighted by atomic mass is 10.1. The van der Waals surface area contributed by atoms with Gasteiger partial charge in [0.15, 0.2) is 0 Å². The number of para-hydroxylation sites is 1. The molecular weight excluding hydrogens is 364 g/mol. The van der Waals surface area contributed by atoms with Crippen LogP contribution in [0.2, 0.25) is 0 Å². The van der Waals surface area contributed by atoms with Crippen molar-refractivity contribution in [3.05, 3.63) is 71.5 Å². The SMILES string of the molecule is CN1C(=O)/C(=C/c2cn(-c3ccccc3)nc2-c2ccncc2)SC1=S. The van der Waals surface area contributed by atoms with Gasteiger partial charge in [0.25, 0.3) is 5.91 Å². The van der Waals surface area contributed by atoms with Crippen molar-refractivity contribution in [1.29, 1.82) is 0 Å². The number of thioether (sulfide) groups is 1. The third-order valence-corrected chi connectivity index (χ3v) is 5.47. The number of amides is 1. The van der Waals surface area contributed by atoms with Crippen molar-refractivity contribution in [2.45, 2.75) is 0 Å². The van der Waals surface area contributed by atoms with E-state index in [1.165, 1.54) is 16.7 Å². The predicted octanol–water partition coefficient (Wildman–Crippen LogP) is 3.77. The fourth-order valence-electron chi connectivity index (χ4n) is 2.63. The van der Waals surface area contributed by atoms with Crippen LogP contribution < -0.4 is 0 Å². The smallest absolute Gasteiger partial charge is 0.265 e. The monoisotopic (exact) mass is 378 g/mol. The molecule has 3 heterocycles. The van der Waals surface area contributed by atoms with Crippen molar-refractivity contribution in [1.82, 2.24) is 19.7 Å². The van der Waals surface area contributed by atoms with Crippen LogP contribution in [-0.4, -0.2) is 36.9 Å². The van der Waals surface area contributed by atoms with E-state index in [1.54, 1.807) is 19.4 Å². The molecule has 4 rings (SSSR count). The van der Waals surface area contributed by atoms with Gasteiger partial charge in [-0.2, -0.15) is 5.10 Å². The number of nitrogens with zero attached hydrogens (tertiary/aromatic N) is 4. The molecule has 0 atom stereocenters. The number of hydrogen-bond acceptors (Lipinski definition) is 5. The van der Waals surface area contributed by atoms with Crippen molar-refractivity contribution < 1.29 is 4.79 Å². The second-order valence-electron chi connectivity index (χ2n) is 5.69. The summed E-state index contributed by atoms with van der Waals surface area (Å²) < 4.78 is 2.37. The summed E-state index contributed by atoms with van der Waals surface area (Å²) in [6.45, 7) is 0. The highest BCUT2D eigenvalue weighted by atomic mass is 32.2. The summed E-state index contributed by atoms with van der Waals surface area (Å²) in [6.07, 6.45) is 7.23. The van der Waals surface area contributed by atoms with Crippen LogP contribution in [0.15, 0.2) is 66.0 Å². The Kier molecular flexibility index (Phi) is 4.40. The van der Waals surface area contributed by atoms with Gasteiger partial charge in [0.05, 0.1) is 10.6 Å². The Bertz CT molecular complexity index is 1010. The topological polar surface area (TPSA) is 51.0 Å². The molecule has 1 saturated heterocycles. The highest BCUT2D eigenvalue weighted by Gasteiger charge is 2.29. The minimum atomic E-state index is -0.0897. The average Bonchev–Trinajstić information content (AvgIpc) is 3.21. The van der Waals surface area contributed by atoms with Gasteiger partial charge >= 0.3 is 0 Å². The first-order valence-electron chi connectivity index (χ1n) is 7.90. The molecule has 1 fully saturated rings. The quantitative estimate of drug-likeness (QED) is 0.513. The van der Waals surface area contributed by atoms with Crippen molar-refractivity contribution in [2.75, 3.05) is 7.05 Å². The third-order valence-electron chi connectivity index (χ3n) is 3.99. The normalized spacial score (nSPS) is 15.9. The molecule has 0 radical (unpaired) electrons. The van der Waals surface area contributed by atoms with Crippen LogP contribution in [0.4, 0.5) is 0 Å². The standard InChI is InChI=1S/C19H14N4OS2/c1-22-18(24)16(26-19(22)25)11-14-12-23(15-5-3-2-4-6-15)21-17(14)13-7-9-20-10-8-13/h2-12H,1H3/b16-11-. The average molecular weight is 378 g/mol. The first-order chi connectivity index (χ1) is 12.6. The summed E-state index contributed by atoms with van der Waals surface area (Å²) in [5.74, 6) is -0.0897. The second kappa shape index (κ2) is 6.86. The minimum Gasteiger partial charge on any atom is -0.296 e. The molecule has 1 aliphatic heterocycles. The number of likely N-dealkylation sites (N-methyl/N-ethyl adjacent to an activating group) is 1.